The Kier molecular flexibility index (Phi) is 6.41. The standard InChI is InChI=1S/C48H42/c1-30(14-15-31-16-22-38-36(26-31)18-17-32-10-6-7-11-37(32)38)33-19-23-41-42-25-21-35(29-46(42)48(4,5)44(41)27-33)34-20-24-40-39-12-8-9-13-43(39)47(2,3)45(40)28-34/h6-13,16-18,20-29,33H,1,14-15,19H2,2-5H3. The number of rotatable bonds is 5. The van der Waals surface area contributed by atoms with Crippen molar-refractivity contribution in [3.8, 4) is 22.3 Å². The summed E-state index contributed by atoms with van der Waals surface area (Å²) in [6.07, 6.45) is 8.10. The molecule has 0 heteroatoms. The van der Waals surface area contributed by atoms with Crippen LogP contribution in [0.1, 0.15) is 68.4 Å². The van der Waals surface area contributed by atoms with Crippen molar-refractivity contribution in [2.75, 3.05) is 0 Å². The van der Waals surface area contributed by atoms with Crippen LogP contribution < -0.4 is 0 Å². The Morgan fingerprint density at radius 3 is 2.12 bits per heavy atom. The highest BCUT2D eigenvalue weighted by molar-refractivity contribution is 6.07. The molecule has 3 aliphatic rings. The van der Waals surface area contributed by atoms with Crippen LogP contribution in [0.2, 0.25) is 0 Å². The predicted molar refractivity (Wildman–Crippen MR) is 206 cm³/mol. The van der Waals surface area contributed by atoms with Gasteiger partial charge in [-0.2, -0.15) is 0 Å². The molecule has 6 aromatic carbocycles. The lowest BCUT2D eigenvalue weighted by molar-refractivity contribution is 0.633. The van der Waals surface area contributed by atoms with Crippen LogP contribution in [0.3, 0.4) is 0 Å². The van der Waals surface area contributed by atoms with E-state index in [2.05, 4.69) is 162 Å². The van der Waals surface area contributed by atoms with Crippen LogP contribution in [0, 0.1) is 5.92 Å². The molecule has 0 radical (unpaired) electrons. The highest BCUT2D eigenvalue weighted by Crippen LogP contribution is 2.54. The summed E-state index contributed by atoms with van der Waals surface area (Å²) in [7, 11) is 0. The zero-order valence-corrected chi connectivity index (χ0v) is 28.5. The predicted octanol–water partition coefficient (Wildman–Crippen LogP) is 12.8. The molecule has 0 aliphatic heterocycles. The summed E-state index contributed by atoms with van der Waals surface area (Å²) in [6.45, 7) is 14.2. The van der Waals surface area contributed by atoms with Gasteiger partial charge in [0.15, 0.2) is 0 Å². The first kappa shape index (κ1) is 29.2. The third-order valence-electron chi connectivity index (χ3n) is 11.9. The molecule has 0 bridgehead atoms. The maximum absolute atomic E-state index is 4.64. The molecule has 0 amide bonds. The lowest BCUT2D eigenvalue weighted by Gasteiger charge is -2.27. The number of aryl methyl sites for hydroxylation is 1. The first-order chi connectivity index (χ1) is 23.2. The molecule has 0 saturated heterocycles. The van der Waals surface area contributed by atoms with Gasteiger partial charge in [0.1, 0.15) is 0 Å². The number of hydrogen-bond acceptors (Lipinski definition) is 0. The quantitative estimate of drug-likeness (QED) is 0.133. The fourth-order valence-corrected chi connectivity index (χ4v) is 9.01. The smallest absolute Gasteiger partial charge is 0.0159 e. The van der Waals surface area contributed by atoms with Crippen molar-refractivity contribution in [3.05, 3.63) is 173 Å². The normalized spacial score (nSPS) is 18.1. The Morgan fingerprint density at radius 2 is 1.29 bits per heavy atom. The molecule has 0 fully saturated rings. The second kappa shape index (κ2) is 10.5. The Labute approximate surface area is 285 Å². The largest absolute Gasteiger partial charge is 0.0992 e. The Balaban J connectivity index is 0.961. The van der Waals surface area contributed by atoms with E-state index < -0.39 is 0 Å². The number of benzene rings is 6. The number of hydrogen-bond donors (Lipinski definition) is 0. The third-order valence-corrected chi connectivity index (χ3v) is 11.9. The lowest BCUT2D eigenvalue weighted by atomic mass is 9.76. The van der Waals surface area contributed by atoms with E-state index in [9.17, 15) is 0 Å². The van der Waals surface area contributed by atoms with Crippen LogP contribution in [-0.4, -0.2) is 0 Å². The molecular formula is C48H42. The fourth-order valence-electron chi connectivity index (χ4n) is 9.01. The van der Waals surface area contributed by atoms with Gasteiger partial charge in [0.2, 0.25) is 0 Å². The summed E-state index contributed by atoms with van der Waals surface area (Å²) < 4.78 is 0. The van der Waals surface area contributed by atoms with Crippen LogP contribution in [0.25, 0.3) is 49.4 Å². The zero-order chi connectivity index (χ0) is 32.8. The van der Waals surface area contributed by atoms with E-state index in [1.54, 1.807) is 0 Å². The van der Waals surface area contributed by atoms with Gasteiger partial charge >= 0.3 is 0 Å². The van der Waals surface area contributed by atoms with Crippen molar-refractivity contribution >= 4 is 27.1 Å². The van der Waals surface area contributed by atoms with E-state index in [1.807, 2.05) is 0 Å². The Bertz CT molecular complexity index is 2390. The molecule has 1 atom stereocenters. The van der Waals surface area contributed by atoms with Crippen LogP contribution in [0.15, 0.2) is 145 Å². The van der Waals surface area contributed by atoms with Crippen LogP contribution in [0.5, 0.6) is 0 Å². The van der Waals surface area contributed by atoms with Crippen molar-refractivity contribution in [1.82, 2.24) is 0 Å². The van der Waals surface area contributed by atoms with Crippen LogP contribution >= 0.6 is 0 Å². The van der Waals surface area contributed by atoms with E-state index >= 15 is 0 Å². The second-order valence-electron chi connectivity index (χ2n) is 15.4. The van der Waals surface area contributed by atoms with Gasteiger partial charge in [0.05, 0.1) is 0 Å². The van der Waals surface area contributed by atoms with Gasteiger partial charge < -0.3 is 0 Å². The SMILES string of the molecule is C=C(CCc1ccc2c(ccc3ccccc32)c1)C1C=C2C(=CC1)c1ccc(-c3ccc4c(c3)C(C)(C)c3ccccc3-4)cc1C2(C)C. The average molecular weight is 619 g/mol. The summed E-state index contributed by atoms with van der Waals surface area (Å²) in [5.74, 6) is 0.377. The van der Waals surface area contributed by atoms with Gasteiger partial charge in [-0.05, 0) is 114 Å². The molecule has 0 spiro atoms. The summed E-state index contributed by atoms with van der Waals surface area (Å²) in [4.78, 5) is 0. The monoisotopic (exact) mass is 618 g/mol. The van der Waals surface area contributed by atoms with Gasteiger partial charge in [0, 0.05) is 16.7 Å². The zero-order valence-electron chi connectivity index (χ0n) is 28.5. The topological polar surface area (TPSA) is 0 Å². The van der Waals surface area contributed by atoms with Crippen molar-refractivity contribution in [2.24, 2.45) is 5.92 Å². The molecule has 6 aromatic rings. The highest BCUT2D eigenvalue weighted by atomic mass is 14.4. The summed E-state index contributed by atoms with van der Waals surface area (Å²) >= 11 is 0. The first-order valence-corrected chi connectivity index (χ1v) is 17.6. The number of fused-ring (bicyclic) bond motifs is 9. The van der Waals surface area contributed by atoms with Crippen molar-refractivity contribution in [3.63, 3.8) is 0 Å². The Hall–Kier alpha value is -4.94. The van der Waals surface area contributed by atoms with Crippen molar-refractivity contribution < 1.29 is 0 Å². The van der Waals surface area contributed by atoms with E-state index in [-0.39, 0.29) is 10.8 Å². The summed E-state index contributed by atoms with van der Waals surface area (Å²) in [5.41, 5.74) is 16.6. The molecule has 0 N–H and O–H groups in total. The van der Waals surface area contributed by atoms with E-state index in [0.29, 0.717) is 5.92 Å². The molecule has 234 valence electrons. The van der Waals surface area contributed by atoms with Crippen molar-refractivity contribution in [1.29, 1.82) is 0 Å². The molecule has 0 heterocycles. The van der Waals surface area contributed by atoms with Crippen molar-refractivity contribution in [2.45, 2.75) is 57.8 Å². The van der Waals surface area contributed by atoms with Crippen LogP contribution in [0.4, 0.5) is 0 Å². The summed E-state index contributed by atoms with van der Waals surface area (Å²) in [5, 5.41) is 5.29. The van der Waals surface area contributed by atoms with Gasteiger partial charge in [-0.1, -0.05) is 155 Å². The summed E-state index contributed by atoms with van der Waals surface area (Å²) in [6, 6.07) is 43.4. The molecule has 48 heavy (non-hydrogen) atoms. The highest BCUT2D eigenvalue weighted by Gasteiger charge is 2.40. The van der Waals surface area contributed by atoms with E-state index in [0.717, 1.165) is 19.3 Å². The van der Waals surface area contributed by atoms with Gasteiger partial charge in [-0.3, -0.25) is 0 Å². The Morgan fingerprint density at radius 1 is 0.625 bits per heavy atom. The third kappa shape index (κ3) is 4.35. The average Bonchev–Trinajstić information content (AvgIpc) is 3.49. The fraction of sp³-hybridized carbons (Fsp3) is 0.208. The van der Waals surface area contributed by atoms with E-state index in [4.69, 9.17) is 0 Å². The minimum atomic E-state index is -0.0521. The molecule has 1 unspecified atom stereocenters. The van der Waals surface area contributed by atoms with Gasteiger partial charge in [0.25, 0.3) is 0 Å². The first-order valence-electron chi connectivity index (χ1n) is 17.6. The molecule has 9 rings (SSSR count). The molecule has 3 aliphatic carbocycles. The van der Waals surface area contributed by atoms with Gasteiger partial charge in [-0.25, -0.2) is 0 Å². The van der Waals surface area contributed by atoms with Crippen LogP contribution in [-0.2, 0) is 17.3 Å². The molecule has 0 saturated carbocycles. The molecule has 0 nitrogen and oxygen atoms in total. The maximum Gasteiger partial charge on any atom is 0.0159 e. The number of allylic oxidation sites excluding steroid dienone is 5. The molecule has 0 aromatic heterocycles. The molecular weight excluding hydrogens is 577 g/mol. The van der Waals surface area contributed by atoms with Gasteiger partial charge in [-0.15, -0.1) is 0 Å². The van der Waals surface area contributed by atoms with E-state index in [1.165, 1.54) is 88.3 Å². The maximum atomic E-state index is 4.64. The lowest BCUT2D eigenvalue weighted by Crippen LogP contribution is -2.18. The second-order valence-corrected chi connectivity index (χ2v) is 15.4. The minimum Gasteiger partial charge on any atom is -0.0992 e. The minimum absolute atomic E-state index is 0.00307.